The molecule has 0 N–H and O–H groups in total. The van der Waals surface area contributed by atoms with E-state index in [1.807, 2.05) is 0 Å². The molecule has 0 bridgehead atoms. The molecule has 0 aliphatic heterocycles. The Morgan fingerprint density at radius 2 is 1.90 bits per heavy atom. The summed E-state index contributed by atoms with van der Waals surface area (Å²) in [7, 11) is -2.65. The molecule has 1 saturated carbocycles. The summed E-state index contributed by atoms with van der Waals surface area (Å²) in [5.74, 6) is -2.33. The fourth-order valence-corrected chi connectivity index (χ4v) is 4.23. The van der Waals surface area contributed by atoms with E-state index in [4.69, 9.17) is 11.6 Å². The molecule has 0 atom stereocenters. The molecule has 118 valence electrons. The van der Waals surface area contributed by atoms with Crippen LogP contribution in [0.4, 0.5) is 8.78 Å². The number of rotatable bonds is 5. The molecule has 2 rings (SSSR count). The quantitative estimate of drug-likeness (QED) is 0.771. The fraction of sp³-hybridized carbons (Fsp3) is 0.571. The first-order chi connectivity index (χ1) is 9.86. The Balaban J connectivity index is 2.31. The Labute approximate surface area is 129 Å². The molecule has 0 radical (unpaired) electrons. The van der Waals surface area contributed by atoms with Crippen LogP contribution in [0.15, 0.2) is 17.0 Å². The van der Waals surface area contributed by atoms with Crippen molar-refractivity contribution >= 4 is 21.6 Å². The van der Waals surface area contributed by atoms with Gasteiger partial charge in [-0.3, -0.25) is 0 Å². The number of hydrogen-bond donors (Lipinski definition) is 0. The molecule has 21 heavy (non-hydrogen) atoms. The van der Waals surface area contributed by atoms with E-state index in [2.05, 4.69) is 0 Å². The van der Waals surface area contributed by atoms with E-state index in [0.29, 0.717) is 6.54 Å². The van der Waals surface area contributed by atoms with Gasteiger partial charge in [-0.15, -0.1) is 11.6 Å². The van der Waals surface area contributed by atoms with Crippen LogP contribution in [0.25, 0.3) is 0 Å². The van der Waals surface area contributed by atoms with Gasteiger partial charge < -0.3 is 0 Å². The normalized spacial score (nSPS) is 16.8. The summed E-state index contributed by atoms with van der Waals surface area (Å²) < 4.78 is 53.4. The lowest BCUT2D eigenvalue weighted by Crippen LogP contribution is -2.32. The maximum absolute atomic E-state index is 13.9. The average Bonchev–Trinajstić information content (AvgIpc) is 2.94. The van der Waals surface area contributed by atoms with E-state index in [9.17, 15) is 17.2 Å². The number of alkyl halides is 1. The molecule has 1 aromatic carbocycles. The SMILES string of the molecule is CN(CC1CCCC1)S(=O)(=O)c1cc(CCl)cc(F)c1F. The van der Waals surface area contributed by atoms with Gasteiger partial charge in [-0.25, -0.2) is 21.5 Å². The minimum Gasteiger partial charge on any atom is -0.207 e. The van der Waals surface area contributed by atoms with Gasteiger partial charge in [0.05, 0.1) is 0 Å². The maximum atomic E-state index is 13.9. The Kier molecular flexibility index (Phi) is 5.22. The van der Waals surface area contributed by atoms with Crippen molar-refractivity contribution in [2.24, 2.45) is 5.92 Å². The predicted octanol–water partition coefficient (Wildman–Crippen LogP) is 3.51. The number of nitrogens with zero attached hydrogens (tertiary/aromatic N) is 1. The monoisotopic (exact) mass is 337 g/mol. The van der Waals surface area contributed by atoms with Crippen molar-refractivity contribution in [1.29, 1.82) is 0 Å². The lowest BCUT2D eigenvalue weighted by Gasteiger charge is -2.21. The van der Waals surface area contributed by atoms with Gasteiger partial charge in [0, 0.05) is 19.5 Å². The lowest BCUT2D eigenvalue weighted by molar-refractivity contribution is 0.383. The minimum absolute atomic E-state index is 0.0773. The third-order valence-corrected chi connectivity index (χ3v) is 6.02. The van der Waals surface area contributed by atoms with Crippen LogP contribution in [0.5, 0.6) is 0 Å². The second-order valence-corrected chi connectivity index (χ2v) is 7.74. The second-order valence-electron chi connectivity index (χ2n) is 5.46. The molecular weight excluding hydrogens is 320 g/mol. The molecule has 0 spiro atoms. The number of benzene rings is 1. The molecule has 1 fully saturated rings. The first-order valence-electron chi connectivity index (χ1n) is 6.86. The average molecular weight is 338 g/mol. The summed E-state index contributed by atoms with van der Waals surface area (Å²) in [5.41, 5.74) is 0.239. The van der Waals surface area contributed by atoms with Crippen molar-refractivity contribution in [2.75, 3.05) is 13.6 Å². The molecule has 0 aromatic heterocycles. The van der Waals surface area contributed by atoms with Crippen LogP contribution in [-0.4, -0.2) is 26.3 Å². The number of hydrogen-bond acceptors (Lipinski definition) is 2. The summed E-state index contributed by atoms with van der Waals surface area (Å²) in [6, 6.07) is 2.02. The van der Waals surface area contributed by atoms with Gasteiger partial charge in [0.2, 0.25) is 10.0 Å². The standard InChI is InChI=1S/C14H18ClF2NO2S/c1-18(9-10-4-2-3-5-10)21(19,20)13-7-11(8-15)6-12(16)14(13)17/h6-7,10H,2-5,8-9H2,1H3. The highest BCUT2D eigenvalue weighted by atomic mass is 35.5. The zero-order chi connectivity index (χ0) is 15.6. The second kappa shape index (κ2) is 6.58. The Hall–Kier alpha value is -0.720. The van der Waals surface area contributed by atoms with Crippen LogP contribution in [-0.2, 0) is 15.9 Å². The van der Waals surface area contributed by atoms with E-state index in [1.54, 1.807) is 0 Å². The molecule has 0 amide bonds. The van der Waals surface area contributed by atoms with Gasteiger partial charge in [0.1, 0.15) is 4.90 Å². The van der Waals surface area contributed by atoms with E-state index in [1.165, 1.54) is 7.05 Å². The largest absolute Gasteiger partial charge is 0.245 e. The smallest absolute Gasteiger partial charge is 0.207 e. The van der Waals surface area contributed by atoms with Gasteiger partial charge in [0.15, 0.2) is 11.6 Å². The van der Waals surface area contributed by atoms with E-state index < -0.39 is 26.6 Å². The molecular formula is C14H18ClF2NO2S. The van der Waals surface area contributed by atoms with Crippen molar-refractivity contribution in [3.63, 3.8) is 0 Å². The molecule has 0 heterocycles. The topological polar surface area (TPSA) is 37.4 Å². The molecule has 1 aliphatic carbocycles. The summed E-state index contributed by atoms with van der Waals surface area (Å²) in [4.78, 5) is -0.640. The van der Waals surface area contributed by atoms with Gasteiger partial charge in [-0.1, -0.05) is 12.8 Å². The Morgan fingerprint density at radius 3 is 2.48 bits per heavy atom. The molecule has 3 nitrogen and oxygen atoms in total. The highest BCUT2D eigenvalue weighted by molar-refractivity contribution is 7.89. The molecule has 0 saturated heterocycles. The summed E-state index contributed by atoms with van der Waals surface area (Å²) in [6.45, 7) is 0.328. The third kappa shape index (κ3) is 3.55. The maximum Gasteiger partial charge on any atom is 0.245 e. The predicted molar refractivity (Wildman–Crippen MR) is 77.7 cm³/mol. The van der Waals surface area contributed by atoms with Crippen LogP contribution < -0.4 is 0 Å². The minimum atomic E-state index is -4.05. The van der Waals surface area contributed by atoms with Gasteiger partial charge in [0.25, 0.3) is 0 Å². The fourth-order valence-electron chi connectivity index (χ4n) is 2.70. The van der Waals surface area contributed by atoms with E-state index >= 15 is 0 Å². The van der Waals surface area contributed by atoms with Crippen LogP contribution in [0, 0.1) is 17.6 Å². The van der Waals surface area contributed by atoms with E-state index in [-0.39, 0.29) is 17.4 Å². The number of sulfonamides is 1. The van der Waals surface area contributed by atoms with Crippen molar-refractivity contribution < 1.29 is 17.2 Å². The van der Waals surface area contributed by atoms with Crippen molar-refractivity contribution in [1.82, 2.24) is 4.31 Å². The zero-order valence-corrected chi connectivity index (χ0v) is 13.4. The highest BCUT2D eigenvalue weighted by Crippen LogP contribution is 2.28. The van der Waals surface area contributed by atoms with Crippen LogP contribution in [0.3, 0.4) is 0 Å². The van der Waals surface area contributed by atoms with Crippen molar-refractivity contribution in [3.05, 3.63) is 29.3 Å². The van der Waals surface area contributed by atoms with E-state index in [0.717, 1.165) is 42.1 Å². The van der Waals surface area contributed by atoms with Gasteiger partial charge in [-0.05, 0) is 36.5 Å². The van der Waals surface area contributed by atoms with Gasteiger partial charge in [-0.2, -0.15) is 0 Å². The van der Waals surface area contributed by atoms with Crippen LogP contribution in [0.1, 0.15) is 31.2 Å². The van der Waals surface area contributed by atoms with Crippen molar-refractivity contribution in [3.8, 4) is 0 Å². The van der Waals surface area contributed by atoms with Crippen LogP contribution in [0.2, 0.25) is 0 Å². The first kappa shape index (κ1) is 16.6. The molecule has 0 unspecified atom stereocenters. The first-order valence-corrected chi connectivity index (χ1v) is 8.84. The summed E-state index contributed by atoms with van der Waals surface area (Å²) >= 11 is 5.59. The summed E-state index contributed by atoms with van der Waals surface area (Å²) in [6.07, 6.45) is 4.11. The molecule has 7 heteroatoms. The van der Waals surface area contributed by atoms with Gasteiger partial charge >= 0.3 is 0 Å². The lowest BCUT2D eigenvalue weighted by atomic mass is 10.1. The Bertz CT molecular complexity index is 616. The number of halogens is 3. The zero-order valence-electron chi connectivity index (χ0n) is 11.8. The summed E-state index contributed by atoms with van der Waals surface area (Å²) in [5, 5.41) is 0. The van der Waals surface area contributed by atoms with Crippen LogP contribution >= 0.6 is 11.6 Å². The molecule has 1 aliphatic rings. The van der Waals surface area contributed by atoms with Crippen molar-refractivity contribution in [2.45, 2.75) is 36.5 Å². The molecule has 1 aromatic rings. The highest BCUT2D eigenvalue weighted by Gasteiger charge is 2.29. The third-order valence-electron chi connectivity index (χ3n) is 3.89. The Morgan fingerprint density at radius 1 is 1.29 bits per heavy atom.